The molecule has 3 aromatic rings. The molecule has 0 atom stereocenters. The Morgan fingerprint density at radius 3 is 2.56 bits per heavy atom. The summed E-state index contributed by atoms with van der Waals surface area (Å²) in [4.78, 5) is 50.1. The molecule has 2 heterocycles. The summed E-state index contributed by atoms with van der Waals surface area (Å²) in [5.74, 6) is -2.45. The number of hydrogen-bond acceptors (Lipinski definition) is 5. The van der Waals surface area contributed by atoms with Crippen molar-refractivity contribution in [3.05, 3.63) is 82.1 Å². The smallest absolute Gasteiger partial charge is 0.336 e. The van der Waals surface area contributed by atoms with E-state index in [-0.39, 0.29) is 28.3 Å². The summed E-state index contributed by atoms with van der Waals surface area (Å²) in [5.41, 5.74) is 0.804. The standard InChI is InChI=1S/C23H15ClN2O6/c1-12-17(24)7-4-8-18(12)26-21(28)16(20(27)25-23(26)31)11-13-9-10-19(32-13)14-5-2-3-6-15(14)22(29)30/h2-11H,1H3,(H,29,30)(H,25,27,31)/b16-11+. The lowest BCUT2D eigenvalue weighted by atomic mass is 10.1. The maximum absolute atomic E-state index is 13.0. The topological polar surface area (TPSA) is 117 Å². The molecule has 2 aromatic carbocycles. The first-order chi connectivity index (χ1) is 15.3. The lowest BCUT2D eigenvalue weighted by molar-refractivity contribution is -0.122. The monoisotopic (exact) mass is 450 g/mol. The van der Waals surface area contributed by atoms with Crippen LogP contribution in [0.5, 0.6) is 0 Å². The molecule has 32 heavy (non-hydrogen) atoms. The molecule has 0 spiro atoms. The number of carboxylic acid groups (broad SMARTS) is 1. The first-order valence-electron chi connectivity index (χ1n) is 9.37. The van der Waals surface area contributed by atoms with Gasteiger partial charge in [0.1, 0.15) is 17.1 Å². The number of aromatic carboxylic acids is 1. The molecule has 1 aliphatic rings. The maximum Gasteiger partial charge on any atom is 0.336 e. The van der Waals surface area contributed by atoms with Crippen LogP contribution in [0.3, 0.4) is 0 Å². The van der Waals surface area contributed by atoms with Crippen molar-refractivity contribution in [2.75, 3.05) is 4.90 Å². The van der Waals surface area contributed by atoms with Crippen molar-refractivity contribution in [2.24, 2.45) is 0 Å². The molecule has 1 fully saturated rings. The third-order valence-electron chi connectivity index (χ3n) is 4.92. The van der Waals surface area contributed by atoms with Gasteiger partial charge in [-0.1, -0.05) is 35.9 Å². The summed E-state index contributed by atoms with van der Waals surface area (Å²) in [6, 6.07) is 13.2. The van der Waals surface area contributed by atoms with Gasteiger partial charge in [-0.3, -0.25) is 14.9 Å². The average Bonchev–Trinajstić information content (AvgIpc) is 3.22. The van der Waals surface area contributed by atoms with E-state index in [1.165, 1.54) is 24.3 Å². The Kier molecular flexibility index (Phi) is 5.38. The Morgan fingerprint density at radius 2 is 1.81 bits per heavy atom. The van der Waals surface area contributed by atoms with Gasteiger partial charge in [0.05, 0.1) is 11.3 Å². The highest BCUT2D eigenvalue weighted by molar-refractivity contribution is 6.39. The summed E-state index contributed by atoms with van der Waals surface area (Å²) in [5, 5.41) is 11.9. The van der Waals surface area contributed by atoms with Gasteiger partial charge in [0.25, 0.3) is 11.8 Å². The number of furan rings is 1. The molecule has 0 radical (unpaired) electrons. The number of rotatable bonds is 4. The number of halogens is 1. The van der Waals surface area contributed by atoms with E-state index in [1.54, 1.807) is 43.3 Å². The van der Waals surface area contributed by atoms with Crippen LogP contribution in [-0.2, 0) is 9.59 Å². The number of imide groups is 2. The van der Waals surface area contributed by atoms with E-state index in [9.17, 15) is 24.3 Å². The molecular weight excluding hydrogens is 436 g/mol. The van der Waals surface area contributed by atoms with Gasteiger partial charge in [-0.2, -0.15) is 0 Å². The minimum absolute atomic E-state index is 0.0424. The van der Waals surface area contributed by atoms with Crippen LogP contribution in [0.2, 0.25) is 5.02 Å². The summed E-state index contributed by atoms with van der Waals surface area (Å²) in [6.07, 6.45) is 1.20. The largest absolute Gasteiger partial charge is 0.478 e. The van der Waals surface area contributed by atoms with Gasteiger partial charge < -0.3 is 9.52 Å². The molecule has 1 aliphatic heterocycles. The number of nitrogens with one attached hydrogen (secondary N) is 1. The van der Waals surface area contributed by atoms with Crippen LogP contribution in [0.4, 0.5) is 10.5 Å². The van der Waals surface area contributed by atoms with E-state index < -0.39 is 23.8 Å². The van der Waals surface area contributed by atoms with Crippen molar-refractivity contribution >= 4 is 47.2 Å². The Balaban J connectivity index is 1.72. The third kappa shape index (κ3) is 3.67. The van der Waals surface area contributed by atoms with Gasteiger partial charge >= 0.3 is 12.0 Å². The zero-order valence-electron chi connectivity index (χ0n) is 16.6. The number of carbonyl (C=O) groups excluding carboxylic acids is 3. The molecule has 0 saturated carbocycles. The van der Waals surface area contributed by atoms with Crippen molar-refractivity contribution in [3.63, 3.8) is 0 Å². The Labute approximate surface area is 186 Å². The lowest BCUT2D eigenvalue weighted by Gasteiger charge is -2.27. The number of barbiturate groups is 1. The Morgan fingerprint density at radius 1 is 1.06 bits per heavy atom. The molecular formula is C23H15ClN2O6. The highest BCUT2D eigenvalue weighted by atomic mass is 35.5. The highest BCUT2D eigenvalue weighted by Gasteiger charge is 2.37. The number of carboxylic acids is 1. The molecule has 4 amide bonds. The molecule has 160 valence electrons. The number of hydrogen-bond donors (Lipinski definition) is 2. The average molecular weight is 451 g/mol. The van der Waals surface area contributed by atoms with Gasteiger partial charge in [0, 0.05) is 10.6 Å². The van der Waals surface area contributed by atoms with Gasteiger partial charge in [0.2, 0.25) is 0 Å². The van der Waals surface area contributed by atoms with Crippen LogP contribution in [0, 0.1) is 6.92 Å². The first kappa shape index (κ1) is 21.1. The summed E-state index contributed by atoms with van der Waals surface area (Å²) < 4.78 is 5.67. The van der Waals surface area contributed by atoms with E-state index in [2.05, 4.69) is 5.32 Å². The Bertz CT molecular complexity index is 1320. The summed E-state index contributed by atoms with van der Waals surface area (Å²) in [7, 11) is 0. The molecule has 9 heteroatoms. The van der Waals surface area contributed by atoms with Crippen LogP contribution in [0.25, 0.3) is 17.4 Å². The predicted molar refractivity (Wildman–Crippen MR) is 116 cm³/mol. The second-order valence-electron chi connectivity index (χ2n) is 6.89. The van der Waals surface area contributed by atoms with E-state index in [0.29, 0.717) is 16.1 Å². The molecule has 1 saturated heterocycles. The van der Waals surface area contributed by atoms with Crippen LogP contribution >= 0.6 is 11.6 Å². The van der Waals surface area contributed by atoms with Crippen LogP contribution in [-0.4, -0.2) is 28.9 Å². The summed E-state index contributed by atoms with van der Waals surface area (Å²) in [6.45, 7) is 1.65. The predicted octanol–water partition coefficient (Wildman–Crippen LogP) is 4.27. The van der Waals surface area contributed by atoms with Crippen LogP contribution in [0.15, 0.2) is 64.6 Å². The second-order valence-corrected chi connectivity index (χ2v) is 7.30. The van der Waals surface area contributed by atoms with Crippen molar-refractivity contribution in [1.29, 1.82) is 0 Å². The number of benzene rings is 2. The number of anilines is 1. The minimum atomic E-state index is -1.12. The van der Waals surface area contributed by atoms with Gasteiger partial charge in [0.15, 0.2) is 0 Å². The lowest BCUT2D eigenvalue weighted by Crippen LogP contribution is -2.54. The second kappa shape index (κ2) is 8.16. The Hall–Kier alpha value is -4.17. The van der Waals surface area contributed by atoms with Crippen molar-refractivity contribution in [2.45, 2.75) is 6.92 Å². The van der Waals surface area contributed by atoms with E-state index in [1.807, 2.05) is 0 Å². The number of carbonyl (C=O) groups is 4. The molecule has 8 nitrogen and oxygen atoms in total. The van der Waals surface area contributed by atoms with Crippen molar-refractivity contribution in [3.8, 4) is 11.3 Å². The zero-order valence-corrected chi connectivity index (χ0v) is 17.3. The van der Waals surface area contributed by atoms with Crippen molar-refractivity contribution < 1.29 is 28.7 Å². The molecule has 0 unspecified atom stereocenters. The zero-order chi connectivity index (χ0) is 23.0. The number of amides is 4. The third-order valence-corrected chi connectivity index (χ3v) is 5.33. The molecule has 0 bridgehead atoms. The molecule has 1 aromatic heterocycles. The normalized spacial score (nSPS) is 15.2. The molecule has 4 rings (SSSR count). The first-order valence-corrected chi connectivity index (χ1v) is 9.75. The maximum atomic E-state index is 13.0. The summed E-state index contributed by atoms with van der Waals surface area (Å²) >= 11 is 6.11. The molecule has 0 aliphatic carbocycles. The fourth-order valence-corrected chi connectivity index (χ4v) is 3.49. The molecule has 2 N–H and O–H groups in total. The van der Waals surface area contributed by atoms with Gasteiger partial charge in [-0.05, 0) is 48.9 Å². The van der Waals surface area contributed by atoms with E-state index in [4.69, 9.17) is 16.0 Å². The van der Waals surface area contributed by atoms with Crippen molar-refractivity contribution in [1.82, 2.24) is 5.32 Å². The number of urea groups is 1. The SMILES string of the molecule is Cc1c(Cl)cccc1N1C(=O)NC(=O)/C(=C\c2ccc(-c3ccccc3C(=O)O)o2)C1=O. The highest BCUT2D eigenvalue weighted by Crippen LogP contribution is 2.31. The van der Waals surface area contributed by atoms with Crippen LogP contribution in [0.1, 0.15) is 21.7 Å². The number of nitrogens with zero attached hydrogens (tertiary/aromatic N) is 1. The van der Waals surface area contributed by atoms with E-state index in [0.717, 1.165) is 4.90 Å². The van der Waals surface area contributed by atoms with Gasteiger partial charge in [-0.15, -0.1) is 0 Å². The van der Waals surface area contributed by atoms with E-state index >= 15 is 0 Å². The fourth-order valence-electron chi connectivity index (χ4n) is 3.32. The van der Waals surface area contributed by atoms with Crippen LogP contribution < -0.4 is 10.2 Å². The fraction of sp³-hybridized carbons (Fsp3) is 0.0435. The quantitative estimate of drug-likeness (QED) is 0.452. The van der Waals surface area contributed by atoms with Gasteiger partial charge in [-0.25, -0.2) is 14.5 Å². The minimum Gasteiger partial charge on any atom is -0.478 e.